The first-order chi connectivity index (χ1) is 13.6. The van der Waals surface area contributed by atoms with Crippen LogP contribution in [0.4, 0.5) is 5.69 Å². The molecule has 2 aromatic carbocycles. The van der Waals surface area contributed by atoms with Gasteiger partial charge in [0.2, 0.25) is 15.9 Å². The van der Waals surface area contributed by atoms with Gasteiger partial charge in [-0.05, 0) is 44.4 Å². The first kappa shape index (κ1) is 22.7. The number of rotatable bonds is 9. The second-order valence-corrected chi connectivity index (χ2v) is 9.58. The molecule has 0 bridgehead atoms. The standard InChI is InChI=1S/C22H30N2O4S/c1-6-20(21(25)23-22(2,3)16-17-11-8-7-9-12-17)24(29(5,26)27)18-13-10-14-19(15-18)28-4/h7-15,20H,6,16H2,1-5H3,(H,23,25)/t20-/m1/s1. The van der Waals surface area contributed by atoms with Gasteiger partial charge in [0, 0.05) is 11.6 Å². The lowest BCUT2D eigenvalue weighted by atomic mass is 9.94. The number of ether oxygens (including phenoxy) is 1. The average molecular weight is 419 g/mol. The van der Waals surface area contributed by atoms with E-state index in [0.717, 1.165) is 11.8 Å². The number of benzene rings is 2. The van der Waals surface area contributed by atoms with Crippen molar-refractivity contribution in [1.29, 1.82) is 0 Å². The van der Waals surface area contributed by atoms with Crippen molar-refractivity contribution in [3.05, 3.63) is 60.2 Å². The number of carbonyl (C=O) groups is 1. The molecular weight excluding hydrogens is 388 g/mol. The predicted molar refractivity (Wildman–Crippen MR) is 117 cm³/mol. The maximum atomic E-state index is 13.1. The van der Waals surface area contributed by atoms with Gasteiger partial charge in [-0.2, -0.15) is 0 Å². The molecule has 6 nitrogen and oxygen atoms in total. The number of anilines is 1. The van der Waals surface area contributed by atoms with Crippen molar-refractivity contribution in [3.8, 4) is 5.75 Å². The first-order valence-corrected chi connectivity index (χ1v) is 11.4. The van der Waals surface area contributed by atoms with Crippen LogP contribution in [0, 0.1) is 0 Å². The van der Waals surface area contributed by atoms with E-state index in [0.29, 0.717) is 24.3 Å². The predicted octanol–water partition coefficient (Wildman–Crippen LogP) is 3.38. The fourth-order valence-corrected chi connectivity index (χ4v) is 4.58. The molecule has 1 amide bonds. The summed E-state index contributed by atoms with van der Waals surface area (Å²) in [4.78, 5) is 13.1. The van der Waals surface area contributed by atoms with Crippen LogP contribution in [0.15, 0.2) is 54.6 Å². The molecule has 0 saturated heterocycles. The lowest BCUT2D eigenvalue weighted by Gasteiger charge is -2.34. The zero-order chi connectivity index (χ0) is 21.7. The summed E-state index contributed by atoms with van der Waals surface area (Å²) in [6.45, 7) is 5.66. The Morgan fingerprint density at radius 3 is 2.34 bits per heavy atom. The first-order valence-electron chi connectivity index (χ1n) is 9.57. The third-order valence-electron chi connectivity index (χ3n) is 4.59. The second-order valence-electron chi connectivity index (χ2n) is 7.72. The van der Waals surface area contributed by atoms with Gasteiger partial charge >= 0.3 is 0 Å². The summed E-state index contributed by atoms with van der Waals surface area (Å²) >= 11 is 0. The smallest absolute Gasteiger partial charge is 0.244 e. The Kier molecular flexibility index (Phi) is 7.30. The highest BCUT2D eigenvalue weighted by atomic mass is 32.2. The normalized spacial score (nSPS) is 12.9. The summed E-state index contributed by atoms with van der Waals surface area (Å²) in [6.07, 6.45) is 2.07. The highest BCUT2D eigenvalue weighted by Crippen LogP contribution is 2.27. The Balaban J connectivity index is 2.30. The lowest BCUT2D eigenvalue weighted by Crippen LogP contribution is -2.55. The minimum atomic E-state index is -3.70. The summed E-state index contributed by atoms with van der Waals surface area (Å²) in [5.41, 5.74) is 0.956. The molecule has 2 aromatic rings. The molecule has 1 N–H and O–H groups in total. The Bertz CT molecular complexity index is 927. The minimum absolute atomic E-state index is 0.331. The molecule has 158 valence electrons. The van der Waals surface area contributed by atoms with Crippen molar-refractivity contribution in [2.45, 2.75) is 45.2 Å². The van der Waals surface area contributed by atoms with Crippen LogP contribution >= 0.6 is 0 Å². The van der Waals surface area contributed by atoms with E-state index >= 15 is 0 Å². The molecule has 0 heterocycles. The van der Waals surface area contributed by atoms with E-state index in [1.165, 1.54) is 11.4 Å². The maximum absolute atomic E-state index is 13.1. The molecule has 0 saturated carbocycles. The number of amides is 1. The van der Waals surface area contributed by atoms with Crippen LogP contribution in [0.2, 0.25) is 0 Å². The molecule has 1 atom stereocenters. The Hall–Kier alpha value is -2.54. The summed E-state index contributed by atoms with van der Waals surface area (Å²) in [5.74, 6) is 0.192. The largest absolute Gasteiger partial charge is 0.497 e. The van der Waals surface area contributed by atoms with Gasteiger partial charge in [0.05, 0.1) is 19.1 Å². The molecule has 0 fully saturated rings. The molecule has 29 heavy (non-hydrogen) atoms. The number of nitrogens with one attached hydrogen (secondary N) is 1. The molecule has 0 aromatic heterocycles. The number of methoxy groups -OCH3 is 1. The van der Waals surface area contributed by atoms with Crippen LogP contribution in [0.3, 0.4) is 0 Å². The number of hydrogen-bond acceptors (Lipinski definition) is 4. The van der Waals surface area contributed by atoms with Crippen LogP contribution in [-0.2, 0) is 21.2 Å². The third kappa shape index (κ3) is 6.22. The van der Waals surface area contributed by atoms with Crippen LogP contribution in [-0.4, -0.2) is 39.3 Å². The van der Waals surface area contributed by atoms with Crippen LogP contribution in [0.1, 0.15) is 32.8 Å². The van der Waals surface area contributed by atoms with E-state index in [1.54, 1.807) is 31.2 Å². The van der Waals surface area contributed by atoms with E-state index in [-0.39, 0.29) is 5.91 Å². The van der Waals surface area contributed by atoms with Gasteiger partial charge in [-0.3, -0.25) is 9.10 Å². The van der Waals surface area contributed by atoms with Crippen LogP contribution < -0.4 is 14.4 Å². The number of nitrogens with zero attached hydrogens (tertiary/aromatic N) is 1. The Morgan fingerprint density at radius 2 is 1.79 bits per heavy atom. The van der Waals surface area contributed by atoms with Gasteiger partial charge in [-0.1, -0.05) is 43.3 Å². The van der Waals surface area contributed by atoms with Crippen molar-refractivity contribution in [1.82, 2.24) is 5.32 Å². The van der Waals surface area contributed by atoms with Crippen LogP contribution in [0.25, 0.3) is 0 Å². The molecule has 0 spiro atoms. The van der Waals surface area contributed by atoms with E-state index in [2.05, 4.69) is 5.32 Å². The molecule has 0 aliphatic heterocycles. The molecule has 7 heteroatoms. The lowest BCUT2D eigenvalue weighted by molar-refractivity contribution is -0.123. The number of carbonyl (C=O) groups excluding carboxylic acids is 1. The van der Waals surface area contributed by atoms with E-state index in [1.807, 2.05) is 44.2 Å². The number of sulfonamides is 1. The quantitative estimate of drug-likeness (QED) is 0.677. The van der Waals surface area contributed by atoms with Gasteiger partial charge in [0.1, 0.15) is 11.8 Å². The monoisotopic (exact) mass is 418 g/mol. The van der Waals surface area contributed by atoms with Gasteiger partial charge in [-0.15, -0.1) is 0 Å². The van der Waals surface area contributed by atoms with Crippen molar-refractivity contribution in [3.63, 3.8) is 0 Å². The van der Waals surface area contributed by atoms with Gasteiger partial charge in [0.25, 0.3) is 0 Å². The Labute approximate surface area is 173 Å². The zero-order valence-corrected chi connectivity index (χ0v) is 18.5. The topological polar surface area (TPSA) is 75.7 Å². The van der Waals surface area contributed by atoms with Gasteiger partial charge in [0.15, 0.2) is 0 Å². The van der Waals surface area contributed by atoms with Crippen molar-refractivity contribution in [2.24, 2.45) is 0 Å². The molecule has 0 aliphatic rings. The van der Waals surface area contributed by atoms with Gasteiger partial charge < -0.3 is 10.1 Å². The molecule has 0 radical (unpaired) electrons. The van der Waals surface area contributed by atoms with E-state index < -0.39 is 21.6 Å². The highest BCUT2D eigenvalue weighted by Gasteiger charge is 2.34. The van der Waals surface area contributed by atoms with E-state index in [9.17, 15) is 13.2 Å². The minimum Gasteiger partial charge on any atom is -0.497 e. The van der Waals surface area contributed by atoms with Crippen LogP contribution in [0.5, 0.6) is 5.75 Å². The van der Waals surface area contributed by atoms with Crippen molar-refractivity contribution < 1.29 is 17.9 Å². The summed E-state index contributed by atoms with van der Waals surface area (Å²) in [7, 11) is -2.18. The molecule has 0 aliphatic carbocycles. The summed E-state index contributed by atoms with van der Waals surface area (Å²) in [6, 6.07) is 15.7. The molecule has 0 unspecified atom stereocenters. The Morgan fingerprint density at radius 1 is 1.14 bits per heavy atom. The van der Waals surface area contributed by atoms with Crippen molar-refractivity contribution in [2.75, 3.05) is 17.7 Å². The maximum Gasteiger partial charge on any atom is 0.244 e. The van der Waals surface area contributed by atoms with E-state index in [4.69, 9.17) is 4.74 Å². The zero-order valence-electron chi connectivity index (χ0n) is 17.7. The fourth-order valence-electron chi connectivity index (χ4n) is 3.38. The highest BCUT2D eigenvalue weighted by molar-refractivity contribution is 7.92. The third-order valence-corrected chi connectivity index (χ3v) is 5.77. The molecule has 2 rings (SSSR count). The van der Waals surface area contributed by atoms with Crippen molar-refractivity contribution >= 4 is 21.6 Å². The fraction of sp³-hybridized carbons (Fsp3) is 0.409. The average Bonchev–Trinajstić information content (AvgIpc) is 2.64. The molecular formula is C22H30N2O4S. The second kappa shape index (κ2) is 9.31. The summed E-state index contributed by atoms with van der Waals surface area (Å²) < 4.78 is 31.6. The summed E-state index contributed by atoms with van der Waals surface area (Å²) in [5, 5.41) is 3.03. The number of hydrogen-bond donors (Lipinski definition) is 1. The van der Waals surface area contributed by atoms with Gasteiger partial charge in [-0.25, -0.2) is 8.42 Å². The SMILES string of the molecule is CC[C@H](C(=O)NC(C)(C)Cc1ccccc1)N(c1cccc(OC)c1)S(C)(=O)=O.